The Morgan fingerprint density at radius 3 is 2.38 bits per heavy atom. The number of nitrogens with one attached hydrogen (secondary N) is 1. The molecular formula is C24H28N2O5S. The summed E-state index contributed by atoms with van der Waals surface area (Å²) in [6.07, 6.45) is 7.85. The zero-order valence-corrected chi connectivity index (χ0v) is 18.8. The van der Waals surface area contributed by atoms with Crippen molar-refractivity contribution in [1.82, 2.24) is 4.31 Å². The number of rotatable bonds is 4. The van der Waals surface area contributed by atoms with E-state index in [1.54, 1.807) is 30.3 Å². The van der Waals surface area contributed by atoms with Crippen LogP contribution in [0.1, 0.15) is 61.7 Å². The summed E-state index contributed by atoms with van der Waals surface area (Å²) >= 11 is 0. The van der Waals surface area contributed by atoms with E-state index in [4.69, 9.17) is 9.47 Å². The minimum atomic E-state index is -3.60. The highest BCUT2D eigenvalue weighted by molar-refractivity contribution is 7.89. The molecule has 1 N–H and O–H groups in total. The lowest BCUT2D eigenvalue weighted by molar-refractivity contribution is -0.105. The van der Waals surface area contributed by atoms with Gasteiger partial charge in [0.1, 0.15) is 0 Å². The number of hydrogen-bond donors (Lipinski definition) is 1. The number of fused-ring (bicyclic) bond motifs is 1. The molecule has 5 rings (SSSR count). The summed E-state index contributed by atoms with van der Waals surface area (Å²) in [6.45, 7) is 1.05. The van der Waals surface area contributed by atoms with Crippen LogP contribution in [0.25, 0.3) is 0 Å². The highest BCUT2D eigenvalue weighted by Crippen LogP contribution is 2.46. The Labute approximate surface area is 188 Å². The van der Waals surface area contributed by atoms with Crippen LogP contribution in [0, 0.1) is 0 Å². The maximum atomic E-state index is 13.0. The van der Waals surface area contributed by atoms with Gasteiger partial charge in [0.2, 0.25) is 10.0 Å². The summed E-state index contributed by atoms with van der Waals surface area (Å²) in [6, 6.07) is 11.6. The van der Waals surface area contributed by atoms with Crippen molar-refractivity contribution in [3.05, 3.63) is 48.0 Å². The first kappa shape index (κ1) is 21.3. The summed E-state index contributed by atoms with van der Waals surface area (Å²) in [5, 5.41) is 2.85. The molecule has 0 radical (unpaired) electrons. The van der Waals surface area contributed by atoms with Crippen molar-refractivity contribution < 1.29 is 22.7 Å². The molecule has 1 aliphatic carbocycles. The van der Waals surface area contributed by atoms with Crippen molar-refractivity contribution in [2.45, 2.75) is 62.0 Å². The molecule has 1 saturated carbocycles. The van der Waals surface area contributed by atoms with E-state index in [9.17, 15) is 13.2 Å². The topological polar surface area (TPSA) is 84.9 Å². The third-order valence-corrected chi connectivity index (χ3v) is 8.35. The van der Waals surface area contributed by atoms with Gasteiger partial charge in [-0.2, -0.15) is 4.31 Å². The molecule has 2 fully saturated rings. The SMILES string of the molecule is O=C(Nc1ccc2c(c1)OC1(CCCCC1)O2)c1cccc(S(=O)(=O)N2CCCCC2)c1. The van der Waals surface area contributed by atoms with Gasteiger partial charge in [-0.3, -0.25) is 4.79 Å². The van der Waals surface area contributed by atoms with E-state index < -0.39 is 15.8 Å². The van der Waals surface area contributed by atoms with Crippen LogP contribution < -0.4 is 14.8 Å². The fourth-order valence-electron chi connectivity index (χ4n) is 4.72. The third-order valence-electron chi connectivity index (χ3n) is 6.46. The predicted octanol–water partition coefficient (Wildman–Crippen LogP) is 4.55. The first-order valence-electron chi connectivity index (χ1n) is 11.4. The first-order valence-corrected chi connectivity index (χ1v) is 12.8. The monoisotopic (exact) mass is 456 g/mol. The van der Waals surface area contributed by atoms with E-state index in [1.807, 2.05) is 6.07 Å². The number of hydrogen-bond acceptors (Lipinski definition) is 5. The number of carbonyl (C=O) groups excluding carboxylic acids is 1. The quantitative estimate of drug-likeness (QED) is 0.730. The molecule has 170 valence electrons. The number of benzene rings is 2. The molecule has 32 heavy (non-hydrogen) atoms. The van der Waals surface area contributed by atoms with Gasteiger partial charge in [-0.05, 0) is 56.0 Å². The Balaban J connectivity index is 1.31. The van der Waals surface area contributed by atoms with Crippen molar-refractivity contribution in [2.24, 2.45) is 0 Å². The van der Waals surface area contributed by atoms with Gasteiger partial charge in [-0.25, -0.2) is 8.42 Å². The Morgan fingerprint density at radius 1 is 0.875 bits per heavy atom. The summed E-state index contributed by atoms with van der Waals surface area (Å²) in [5.41, 5.74) is 0.874. The number of carbonyl (C=O) groups is 1. The minimum Gasteiger partial charge on any atom is -0.448 e. The highest BCUT2D eigenvalue weighted by Gasteiger charge is 2.42. The molecule has 0 unspecified atom stereocenters. The molecule has 0 atom stereocenters. The van der Waals surface area contributed by atoms with E-state index >= 15 is 0 Å². The van der Waals surface area contributed by atoms with Gasteiger partial charge in [0.05, 0.1) is 4.90 Å². The second kappa shape index (κ2) is 8.41. The van der Waals surface area contributed by atoms with Crippen molar-refractivity contribution in [1.29, 1.82) is 0 Å². The van der Waals surface area contributed by atoms with Crippen LogP contribution in [0.5, 0.6) is 11.5 Å². The average molecular weight is 457 g/mol. The van der Waals surface area contributed by atoms with E-state index in [0.29, 0.717) is 35.8 Å². The van der Waals surface area contributed by atoms with Crippen LogP contribution in [0.4, 0.5) is 5.69 Å². The van der Waals surface area contributed by atoms with Gasteiger partial charge in [0, 0.05) is 43.2 Å². The number of amides is 1. The Morgan fingerprint density at radius 2 is 1.59 bits per heavy atom. The lowest BCUT2D eigenvalue weighted by Gasteiger charge is -2.31. The molecule has 2 aromatic rings. The van der Waals surface area contributed by atoms with Crippen molar-refractivity contribution in [3.8, 4) is 11.5 Å². The van der Waals surface area contributed by atoms with Crippen LogP contribution in [-0.2, 0) is 10.0 Å². The lowest BCUT2D eigenvalue weighted by Crippen LogP contribution is -2.40. The highest BCUT2D eigenvalue weighted by atomic mass is 32.2. The normalized spacial score (nSPS) is 20.2. The molecule has 2 aliphatic heterocycles. The molecule has 8 heteroatoms. The van der Waals surface area contributed by atoms with Gasteiger partial charge in [0.25, 0.3) is 11.7 Å². The van der Waals surface area contributed by atoms with Crippen LogP contribution in [0.3, 0.4) is 0 Å². The first-order chi connectivity index (χ1) is 15.5. The second-order valence-corrected chi connectivity index (χ2v) is 10.7. The molecule has 2 aromatic carbocycles. The largest absolute Gasteiger partial charge is 0.448 e. The summed E-state index contributed by atoms with van der Waals surface area (Å²) < 4.78 is 39.6. The number of nitrogens with zero attached hydrogens (tertiary/aromatic N) is 1. The van der Waals surface area contributed by atoms with Gasteiger partial charge in [-0.1, -0.05) is 18.9 Å². The molecule has 2 heterocycles. The Kier molecular flexibility index (Phi) is 5.59. The number of ether oxygens (including phenoxy) is 2. The summed E-state index contributed by atoms with van der Waals surface area (Å²) in [7, 11) is -3.60. The van der Waals surface area contributed by atoms with Gasteiger partial charge < -0.3 is 14.8 Å². The van der Waals surface area contributed by atoms with Crippen molar-refractivity contribution >= 4 is 21.6 Å². The molecule has 1 saturated heterocycles. The van der Waals surface area contributed by atoms with Crippen LogP contribution in [0.2, 0.25) is 0 Å². The summed E-state index contributed by atoms with van der Waals surface area (Å²) in [5.74, 6) is 0.387. The lowest BCUT2D eigenvalue weighted by atomic mass is 9.94. The molecule has 0 aromatic heterocycles. The minimum absolute atomic E-state index is 0.150. The predicted molar refractivity (Wildman–Crippen MR) is 121 cm³/mol. The molecule has 1 spiro atoms. The van der Waals surface area contributed by atoms with E-state index in [-0.39, 0.29) is 10.8 Å². The number of anilines is 1. The van der Waals surface area contributed by atoms with Crippen LogP contribution in [-0.4, -0.2) is 37.5 Å². The maximum Gasteiger partial charge on any atom is 0.255 e. The smallest absolute Gasteiger partial charge is 0.255 e. The molecule has 1 amide bonds. The van der Waals surface area contributed by atoms with E-state index in [1.165, 1.54) is 16.8 Å². The molecule has 0 bridgehead atoms. The maximum absolute atomic E-state index is 13.0. The van der Waals surface area contributed by atoms with Gasteiger partial charge >= 0.3 is 0 Å². The molecular weight excluding hydrogens is 428 g/mol. The fraction of sp³-hybridized carbons (Fsp3) is 0.458. The van der Waals surface area contributed by atoms with E-state index in [0.717, 1.165) is 44.9 Å². The number of sulfonamides is 1. The summed E-state index contributed by atoms with van der Waals surface area (Å²) in [4.78, 5) is 13.0. The average Bonchev–Trinajstić information content (AvgIpc) is 3.16. The third kappa shape index (κ3) is 4.09. The Hall–Kier alpha value is -2.58. The van der Waals surface area contributed by atoms with Gasteiger partial charge in [0.15, 0.2) is 11.5 Å². The second-order valence-electron chi connectivity index (χ2n) is 8.78. The van der Waals surface area contributed by atoms with Crippen LogP contribution in [0.15, 0.2) is 47.4 Å². The van der Waals surface area contributed by atoms with Gasteiger partial charge in [-0.15, -0.1) is 0 Å². The zero-order chi connectivity index (χ0) is 22.2. The molecule has 7 nitrogen and oxygen atoms in total. The van der Waals surface area contributed by atoms with Crippen molar-refractivity contribution in [2.75, 3.05) is 18.4 Å². The van der Waals surface area contributed by atoms with Crippen molar-refractivity contribution in [3.63, 3.8) is 0 Å². The zero-order valence-electron chi connectivity index (χ0n) is 18.0. The number of piperidine rings is 1. The Bertz CT molecular complexity index is 1120. The van der Waals surface area contributed by atoms with E-state index in [2.05, 4.69) is 5.32 Å². The standard InChI is InChI=1S/C24H28N2O5S/c27-23(18-8-7-9-20(16-18)32(28,29)26-14-5-2-6-15-26)25-19-10-11-21-22(17-19)31-24(30-21)12-3-1-4-13-24/h7-11,16-17H,1-6,12-15H2,(H,25,27). The van der Waals surface area contributed by atoms with Crippen LogP contribution >= 0.6 is 0 Å². The fourth-order valence-corrected chi connectivity index (χ4v) is 6.28. The molecule has 3 aliphatic rings.